The molecule has 2 aliphatic rings. The molecule has 1 unspecified atom stereocenters. The Labute approximate surface area is 103 Å². The molecule has 1 N–H and O–H groups in total. The molecule has 17 heavy (non-hydrogen) atoms. The fourth-order valence-electron chi connectivity index (χ4n) is 3.17. The Balaban J connectivity index is 2.30. The highest BCUT2D eigenvalue weighted by molar-refractivity contribution is 5.94. The molecule has 0 radical (unpaired) electrons. The molecule has 0 aromatic heterocycles. The first-order chi connectivity index (χ1) is 8.09. The van der Waals surface area contributed by atoms with Crippen LogP contribution in [0.3, 0.4) is 0 Å². The van der Waals surface area contributed by atoms with Crippen molar-refractivity contribution < 1.29 is 9.59 Å². The second kappa shape index (κ2) is 4.67. The monoisotopic (exact) mass is 238 g/mol. The molecule has 0 aromatic carbocycles. The van der Waals surface area contributed by atoms with Crippen molar-refractivity contribution in [2.45, 2.75) is 64.0 Å². The van der Waals surface area contributed by atoms with Gasteiger partial charge in [0.25, 0.3) is 0 Å². The van der Waals surface area contributed by atoms with Gasteiger partial charge in [0.2, 0.25) is 11.8 Å². The van der Waals surface area contributed by atoms with Crippen LogP contribution in [0, 0.1) is 0 Å². The van der Waals surface area contributed by atoms with E-state index < -0.39 is 5.54 Å². The molecule has 0 bridgehead atoms. The highest BCUT2D eigenvalue weighted by atomic mass is 16.2. The number of hydrogen-bond donors (Lipinski definition) is 1. The van der Waals surface area contributed by atoms with Gasteiger partial charge in [-0.15, -0.1) is 0 Å². The Morgan fingerprint density at radius 1 is 1.29 bits per heavy atom. The van der Waals surface area contributed by atoms with Crippen LogP contribution in [0.2, 0.25) is 0 Å². The Hall–Kier alpha value is -1.06. The summed E-state index contributed by atoms with van der Waals surface area (Å²) in [5.74, 6) is 0.168. The summed E-state index contributed by atoms with van der Waals surface area (Å²) in [5, 5.41) is 3.01. The summed E-state index contributed by atoms with van der Waals surface area (Å²) in [6, 6.07) is 0.0220. The van der Waals surface area contributed by atoms with Gasteiger partial charge in [-0.05, 0) is 26.7 Å². The van der Waals surface area contributed by atoms with Crippen LogP contribution in [0.1, 0.15) is 52.4 Å². The third-order valence-electron chi connectivity index (χ3n) is 4.11. The minimum absolute atomic E-state index is 0.0220. The van der Waals surface area contributed by atoms with Gasteiger partial charge < -0.3 is 10.2 Å². The van der Waals surface area contributed by atoms with Gasteiger partial charge in [-0.1, -0.05) is 19.3 Å². The number of rotatable bonds is 1. The van der Waals surface area contributed by atoms with Gasteiger partial charge in [0.15, 0.2) is 0 Å². The average Bonchev–Trinajstić information content (AvgIpc) is 2.37. The molecule has 2 amide bonds. The third kappa shape index (κ3) is 2.17. The summed E-state index contributed by atoms with van der Waals surface area (Å²) in [7, 11) is 0. The van der Waals surface area contributed by atoms with Crippen molar-refractivity contribution in [1.82, 2.24) is 10.2 Å². The van der Waals surface area contributed by atoms with E-state index in [1.165, 1.54) is 6.42 Å². The van der Waals surface area contributed by atoms with Crippen molar-refractivity contribution in [3.63, 3.8) is 0 Å². The molecule has 4 heteroatoms. The minimum atomic E-state index is -0.587. The first kappa shape index (κ1) is 12.4. The molecule has 2 rings (SSSR count). The number of nitrogens with one attached hydrogen (secondary N) is 1. The summed E-state index contributed by atoms with van der Waals surface area (Å²) in [4.78, 5) is 26.4. The Bertz CT molecular complexity index is 321. The molecular weight excluding hydrogens is 216 g/mol. The average molecular weight is 238 g/mol. The van der Waals surface area contributed by atoms with Gasteiger partial charge in [-0.3, -0.25) is 9.59 Å². The highest BCUT2D eigenvalue weighted by Gasteiger charge is 2.46. The van der Waals surface area contributed by atoms with Gasteiger partial charge in [0, 0.05) is 19.0 Å². The quantitative estimate of drug-likeness (QED) is 0.751. The number of amides is 2. The van der Waals surface area contributed by atoms with Crippen LogP contribution >= 0.6 is 0 Å². The van der Waals surface area contributed by atoms with E-state index in [1.54, 1.807) is 0 Å². The lowest BCUT2D eigenvalue weighted by Crippen LogP contribution is -2.58. The smallest absolute Gasteiger partial charge is 0.248 e. The zero-order valence-electron chi connectivity index (χ0n) is 10.8. The number of carbonyl (C=O) groups excluding carboxylic acids is 2. The zero-order valence-corrected chi connectivity index (χ0v) is 10.8. The van der Waals surface area contributed by atoms with Crippen molar-refractivity contribution in [3.8, 4) is 0 Å². The topological polar surface area (TPSA) is 49.4 Å². The van der Waals surface area contributed by atoms with E-state index in [1.807, 2.05) is 18.7 Å². The molecule has 4 nitrogen and oxygen atoms in total. The number of nitrogens with zero attached hydrogens (tertiary/aromatic N) is 1. The Kier molecular flexibility index (Phi) is 3.40. The fraction of sp³-hybridized carbons (Fsp3) is 0.846. The van der Waals surface area contributed by atoms with Crippen molar-refractivity contribution in [1.29, 1.82) is 0 Å². The Morgan fingerprint density at radius 2 is 1.94 bits per heavy atom. The second-order valence-corrected chi connectivity index (χ2v) is 5.34. The van der Waals surface area contributed by atoms with Crippen LogP contribution in [0.25, 0.3) is 0 Å². The summed E-state index contributed by atoms with van der Waals surface area (Å²) in [6.07, 6.45) is 5.30. The predicted octanol–water partition coefficient (Wildman–Crippen LogP) is 1.45. The lowest BCUT2D eigenvalue weighted by Gasteiger charge is -2.38. The third-order valence-corrected chi connectivity index (χ3v) is 4.11. The summed E-state index contributed by atoms with van der Waals surface area (Å²) < 4.78 is 0. The van der Waals surface area contributed by atoms with E-state index in [2.05, 4.69) is 5.32 Å². The Morgan fingerprint density at radius 3 is 2.53 bits per heavy atom. The standard InChI is InChI=1S/C13H22N2O2/c1-3-15-10(2)9-11(16)14-13(12(15)17)7-5-4-6-8-13/h10H,3-9H2,1-2H3,(H,14,16). The van der Waals surface area contributed by atoms with E-state index in [0.29, 0.717) is 13.0 Å². The molecule has 1 saturated carbocycles. The molecule has 2 fully saturated rings. The normalized spacial score (nSPS) is 29.1. The van der Waals surface area contributed by atoms with Gasteiger partial charge in [-0.2, -0.15) is 0 Å². The first-order valence-corrected chi connectivity index (χ1v) is 6.71. The minimum Gasteiger partial charge on any atom is -0.342 e. The maximum Gasteiger partial charge on any atom is 0.248 e. The number of hydrogen-bond acceptors (Lipinski definition) is 2. The van der Waals surface area contributed by atoms with Crippen LogP contribution in [0.4, 0.5) is 0 Å². The molecule has 1 aliphatic heterocycles. The van der Waals surface area contributed by atoms with E-state index >= 15 is 0 Å². The summed E-state index contributed by atoms with van der Waals surface area (Å²) in [6.45, 7) is 4.64. The van der Waals surface area contributed by atoms with Crippen LogP contribution in [-0.2, 0) is 9.59 Å². The lowest BCUT2D eigenvalue weighted by molar-refractivity contribution is -0.141. The molecule has 96 valence electrons. The predicted molar refractivity (Wildman–Crippen MR) is 65.4 cm³/mol. The van der Waals surface area contributed by atoms with Gasteiger partial charge >= 0.3 is 0 Å². The van der Waals surface area contributed by atoms with Crippen LogP contribution in [0.5, 0.6) is 0 Å². The molecule has 1 aliphatic carbocycles. The van der Waals surface area contributed by atoms with Gasteiger partial charge in [0.05, 0.1) is 0 Å². The van der Waals surface area contributed by atoms with Gasteiger partial charge in [-0.25, -0.2) is 0 Å². The molecule has 0 aromatic rings. The van der Waals surface area contributed by atoms with Crippen molar-refractivity contribution in [2.24, 2.45) is 0 Å². The van der Waals surface area contributed by atoms with Gasteiger partial charge in [0.1, 0.15) is 5.54 Å². The first-order valence-electron chi connectivity index (χ1n) is 6.71. The largest absolute Gasteiger partial charge is 0.342 e. The SMILES string of the molecule is CCN1C(=O)C2(CCCCC2)NC(=O)CC1C. The van der Waals surface area contributed by atoms with Crippen LogP contribution in [0.15, 0.2) is 0 Å². The van der Waals surface area contributed by atoms with Crippen LogP contribution < -0.4 is 5.32 Å². The highest BCUT2D eigenvalue weighted by Crippen LogP contribution is 2.32. The molecule has 1 atom stereocenters. The maximum absolute atomic E-state index is 12.6. The number of likely N-dealkylation sites (N-methyl/N-ethyl adjacent to an activating group) is 1. The zero-order chi connectivity index (χ0) is 12.5. The fourth-order valence-corrected chi connectivity index (χ4v) is 3.17. The number of carbonyl (C=O) groups is 2. The molecule has 1 saturated heterocycles. The van der Waals surface area contributed by atoms with E-state index in [-0.39, 0.29) is 17.9 Å². The summed E-state index contributed by atoms with van der Waals surface area (Å²) >= 11 is 0. The van der Waals surface area contributed by atoms with E-state index in [0.717, 1.165) is 25.7 Å². The van der Waals surface area contributed by atoms with Crippen molar-refractivity contribution >= 4 is 11.8 Å². The van der Waals surface area contributed by atoms with Crippen molar-refractivity contribution in [3.05, 3.63) is 0 Å². The van der Waals surface area contributed by atoms with Crippen LogP contribution in [-0.4, -0.2) is 34.8 Å². The summed E-state index contributed by atoms with van der Waals surface area (Å²) in [5.41, 5.74) is -0.587. The lowest BCUT2D eigenvalue weighted by atomic mass is 9.80. The van der Waals surface area contributed by atoms with E-state index in [4.69, 9.17) is 0 Å². The molecule has 1 spiro atoms. The maximum atomic E-state index is 12.6. The van der Waals surface area contributed by atoms with E-state index in [9.17, 15) is 9.59 Å². The molecular formula is C13H22N2O2. The van der Waals surface area contributed by atoms with Crippen molar-refractivity contribution in [2.75, 3.05) is 6.54 Å². The second-order valence-electron chi connectivity index (χ2n) is 5.34. The molecule has 1 heterocycles.